The van der Waals surface area contributed by atoms with Gasteiger partial charge in [-0.05, 0) is 24.1 Å². The Bertz CT molecular complexity index is 635. The molecule has 2 atom stereocenters. The van der Waals surface area contributed by atoms with E-state index < -0.39 is 17.9 Å². The molecule has 106 valence electrons. The third kappa shape index (κ3) is 2.79. The molecule has 0 aliphatic rings. The zero-order valence-electron chi connectivity index (χ0n) is 11.4. The molecule has 0 bridgehead atoms. The molecule has 20 heavy (non-hydrogen) atoms. The highest BCUT2D eigenvalue weighted by atomic mass is 16.4. The largest absolute Gasteiger partial charge is 0.480 e. The number of nitrogens with zero attached hydrogens (tertiary/aromatic N) is 1. The van der Waals surface area contributed by atoms with Crippen LogP contribution in [0.15, 0.2) is 24.5 Å². The monoisotopic (exact) mass is 275 g/mol. The SMILES string of the molecule is CCC(C)[C@H](NC(=O)c1ccc2nc[nH]c2c1)C(=O)O. The molecular formula is C14H17N3O3. The van der Waals surface area contributed by atoms with Gasteiger partial charge in [0.1, 0.15) is 6.04 Å². The Morgan fingerprint density at radius 1 is 1.45 bits per heavy atom. The maximum Gasteiger partial charge on any atom is 0.326 e. The number of carboxylic acids is 1. The van der Waals surface area contributed by atoms with E-state index in [1.54, 1.807) is 31.5 Å². The molecule has 1 heterocycles. The molecule has 2 rings (SSSR count). The van der Waals surface area contributed by atoms with Crippen molar-refractivity contribution in [1.29, 1.82) is 0 Å². The van der Waals surface area contributed by atoms with E-state index in [-0.39, 0.29) is 5.92 Å². The molecule has 0 saturated heterocycles. The highest BCUT2D eigenvalue weighted by Gasteiger charge is 2.25. The lowest BCUT2D eigenvalue weighted by Crippen LogP contribution is -2.45. The number of hydrogen-bond acceptors (Lipinski definition) is 3. The molecule has 2 aromatic rings. The third-order valence-electron chi connectivity index (χ3n) is 3.45. The highest BCUT2D eigenvalue weighted by Crippen LogP contribution is 2.13. The van der Waals surface area contributed by atoms with Gasteiger partial charge in [0.2, 0.25) is 0 Å². The summed E-state index contributed by atoms with van der Waals surface area (Å²) < 4.78 is 0. The number of imidazole rings is 1. The number of aromatic nitrogens is 2. The van der Waals surface area contributed by atoms with Crippen molar-refractivity contribution < 1.29 is 14.7 Å². The fourth-order valence-corrected chi connectivity index (χ4v) is 1.98. The van der Waals surface area contributed by atoms with E-state index in [9.17, 15) is 14.7 Å². The van der Waals surface area contributed by atoms with Gasteiger partial charge < -0.3 is 15.4 Å². The number of benzene rings is 1. The Morgan fingerprint density at radius 3 is 2.85 bits per heavy atom. The Morgan fingerprint density at radius 2 is 2.20 bits per heavy atom. The Hall–Kier alpha value is -2.37. The fraction of sp³-hybridized carbons (Fsp3) is 0.357. The molecule has 1 unspecified atom stereocenters. The van der Waals surface area contributed by atoms with Gasteiger partial charge in [0, 0.05) is 5.56 Å². The third-order valence-corrected chi connectivity index (χ3v) is 3.45. The first-order valence-electron chi connectivity index (χ1n) is 6.49. The van der Waals surface area contributed by atoms with Gasteiger partial charge >= 0.3 is 5.97 Å². The summed E-state index contributed by atoms with van der Waals surface area (Å²) >= 11 is 0. The van der Waals surface area contributed by atoms with Crippen LogP contribution in [0.2, 0.25) is 0 Å². The van der Waals surface area contributed by atoms with Crippen molar-refractivity contribution in [3.63, 3.8) is 0 Å². The minimum atomic E-state index is -1.02. The van der Waals surface area contributed by atoms with E-state index in [1.807, 2.05) is 6.92 Å². The minimum absolute atomic E-state index is 0.132. The zero-order chi connectivity index (χ0) is 14.7. The quantitative estimate of drug-likeness (QED) is 0.775. The molecule has 3 N–H and O–H groups in total. The number of H-pyrrole nitrogens is 1. The van der Waals surface area contributed by atoms with Crippen molar-refractivity contribution in [2.24, 2.45) is 5.92 Å². The maximum atomic E-state index is 12.1. The summed E-state index contributed by atoms with van der Waals surface area (Å²) in [5.74, 6) is -1.54. The average Bonchev–Trinajstić information content (AvgIpc) is 2.90. The fourth-order valence-electron chi connectivity index (χ4n) is 1.98. The number of carbonyl (C=O) groups excluding carboxylic acids is 1. The van der Waals surface area contributed by atoms with Crippen LogP contribution in [0.1, 0.15) is 30.6 Å². The van der Waals surface area contributed by atoms with Gasteiger partial charge in [-0.25, -0.2) is 9.78 Å². The van der Waals surface area contributed by atoms with E-state index in [4.69, 9.17) is 0 Å². The number of amides is 1. The number of rotatable bonds is 5. The second-order valence-corrected chi connectivity index (χ2v) is 4.81. The highest BCUT2D eigenvalue weighted by molar-refractivity contribution is 5.99. The van der Waals surface area contributed by atoms with Gasteiger partial charge in [-0.1, -0.05) is 20.3 Å². The number of aliphatic carboxylic acids is 1. The molecule has 6 heteroatoms. The number of carboxylic acid groups (broad SMARTS) is 1. The summed E-state index contributed by atoms with van der Waals surface area (Å²) in [4.78, 5) is 30.3. The van der Waals surface area contributed by atoms with E-state index in [2.05, 4.69) is 15.3 Å². The van der Waals surface area contributed by atoms with Crippen LogP contribution < -0.4 is 5.32 Å². The summed E-state index contributed by atoms with van der Waals surface area (Å²) in [6.45, 7) is 3.70. The lowest BCUT2D eigenvalue weighted by Gasteiger charge is -2.20. The van der Waals surface area contributed by atoms with Crippen molar-refractivity contribution >= 4 is 22.9 Å². The van der Waals surface area contributed by atoms with Gasteiger partial charge in [0.25, 0.3) is 5.91 Å². The first kappa shape index (κ1) is 14.0. The molecule has 0 radical (unpaired) electrons. The summed E-state index contributed by atoms with van der Waals surface area (Å²) in [5.41, 5.74) is 1.92. The summed E-state index contributed by atoms with van der Waals surface area (Å²) in [6, 6.07) is 4.13. The van der Waals surface area contributed by atoms with Crippen LogP contribution in [0.5, 0.6) is 0 Å². The molecule has 1 aromatic carbocycles. The number of carbonyl (C=O) groups is 2. The number of aromatic amines is 1. The molecule has 0 saturated carbocycles. The smallest absolute Gasteiger partial charge is 0.326 e. The molecular weight excluding hydrogens is 258 g/mol. The first-order valence-corrected chi connectivity index (χ1v) is 6.49. The van der Waals surface area contributed by atoms with Crippen LogP contribution in [0.3, 0.4) is 0 Å². The molecule has 0 aliphatic carbocycles. The van der Waals surface area contributed by atoms with Crippen LogP contribution in [0.25, 0.3) is 11.0 Å². The molecule has 0 aliphatic heterocycles. The molecule has 0 spiro atoms. The lowest BCUT2D eigenvalue weighted by molar-refractivity contribution is -0.140. The number of hydrogen-bond donors (Lipinski definition) is 3. The summed E-state index contributed by atoms with van der Waals surface area (Å²) in [7, 11) is 0. The van der Waals surface area contributed by atoms with Crippen molar-refractivity contribution in [3.05, 3.63) is 30.1 Å². The Balaban J connectivity index is 2.19. The first-order chi connectivity index (χ1) is 9.52. The van der Waals surface area contributed by atoms with Crippen molar-refractivity contribution in [3.8, 4) is 0 Å². The Labute approximate surface area is 116 Å². The number of nitrogens with one attached hydrogen (secondary N) is 2. The van der Waals surface area contributed by atoms with E-state index in [0.717, 1.165) is 11.0 Å². The minimum Gasteiger partial charge on any atom is -0.480 e. The van der Waals surface area contributed by atoms with Gasteiger partial charge in [0.05, 0.1) is 17.4 Å². The maximum absolute atomic E-state index is 12.1. The van der Waals surface area contributed by atoms with E-state index >= 15 is 0 Å². The second-order valence-electron chi connectivity index (χ2n) is 4.81. The molecule has 1 aromatic heterocycles. The van der Waals surface area contributed by atoms with Crippen LogP contribution in [-0.4, -0.2) is 33.0 Å². The van der Waals surface area contributed by atoms with Gasteiger partial charge in [-0.15, -0.1) is 0 Å². The van der Waals surface area contributed by atoms with Crippen molar-refractivity contribution in [1.82, 2.24) is 15.3 Å². The van der Waals surface area contributed by atoms with Crippen molar-refractivity contribution in [2.75, 3.05) is 0 Å². The Kier molecular flexibility index (Phi) is 4.02. The normalized spacial score (nSPS) is 13.9. The predicted octanol–water partition coefficient (Wildman–Crippen LogP) is 1.79. The van der Waals surface area contributed by atoms with Gasteiger partial charge in [-0.2, -0.15) is 0 Å². The number of fused-ring (bicyclic) bond motifs is 1. The topological polar surface area (TPSA) is 95.1 Å². The molecule has 1 amide bonds. The summed E-state index contributed by atoms with van der Waals surface area (Å²) in [5, 5.41) is 11.7. The molecule has 6 nitrogen and oxygen atoms in total. The average molecular weight is 275 g/mol. The van der Waals surface area contributed by atoms with E-state index in [0.29, 0.717) is 12.0 Å². The van der Waals surface area contributed by atoms with Gasteiger partial charge in [-0.3, -0.25) is 4.79 Å². The predicted molar refractivity (Wildman–Crippen MR) is 74.4 cm³/mol. The second kappa shape index (κ2) is 5.73. The van der Waals surface area contributed by atoms with Gasteiger partial charge in [0.15, 0.2) is 0 Å². The van der Waals surface area contributed by atoms with Crippen molar-refractivity contribution in [2.45, 2.75) is 26.3 Å². The standard InChI is InChI=1S/C14H17N3O3/c1-3-8(2)12(14(19)20)17-13(18)9-4-5-10-11(6-9)16-7-15-10/h4-8,12H,3H2,1-2H3,(H,15,16)(H,17,18)(H,19,20)/t8?,12-/m0/s1. The van der Waals surface area contributed by atoms with Crippen LogP contribution in [-0.2, 0) is 4.79 Å². The molecule has 0 fully saturated rings. The van der Waals surface area contributed by atoms with Crippen LogP contribution in [0.4, 0.5) is 0 Å². The van der Waals surface area contributed by atoms with Crippen LogP contribution in [0, 0.1) is 5.92 Å². The van der Waals surface area contributed by atoms with E-state index in [1.165, 1.54) is 0 Å². The summed E-state index contributed by atoms with van der Waals surface area (Å²) in [6.07, 6.45) is 2.22. The van der Waals surface area contributed by atoms with Crippen LogP contribution >= 0.6 is 0 Å². The lowest BCUT2D eigenvalue weighted by atomic mass is 9.99. The zero-order valence-corrected chi connectivity index (χ0v) is 11.4.